The van der Waals surface area contributed by atoms with E-state index in [2.05, 4.69) is 5.32 Å². The summed E-state index contributed by atoms with van der Waals surface area (Å²) >= 11 is 0. The second kappa shape index (κ2) is 10.1. The number of nitrogens with zero attached hydrogens (tertiary/aromatic N) is 5. The van der Waals surface area contributed by atoms with Crippen LogP contribution in [0.2, 0.25) is 0 Å². The highest BCUT2D eigenvalue weighted by Gasteiger charge is 2.30. The maximum atomic E-state index is 12.9. The molecule has 1 N–H and O–H groups in total. The Morgan fingerprint density at radius 3 is 2.34 bits per heavy atom. The van der Waals surface area contributed by atoms with Gasteiger partial charge in [0.25, 0.3) is 11.6 Å². The number of nitrogens with one attached hydrogen (secondary N) is 1. The predicted molar refractivity (Wildman–Crippen MR) is 118 cm³/mol. The fraction of sp³-hybridized carbons (Fsp3) is 0.619. The molecule has 0 bridgehead atoms. The van der Waals surface area contributed by atoms with Crippen molar-refractivity contribution < 1.29 is 19.2 Å². The van der Waals surface area contributed by atoms with Crippen molar-refractivity contribution in [3.63, 3.8) is 0 Å². The predicted octanol–water partition coefficient (Wildman–Crippen LogP) is 0.605. The summed E-state index contributed by atoms with van der Waals surface area (Å²) in [6.45, 7) is 7.10. The van der Waals surface area contributed by atoms with Gasteiger partial charge in [0.15, 0.2) is 0 Å². The lowest BCUT2D eigenvalue weighted by Gasteiger charge is -2.39. The number of nitro benzene ring substituents is 1. The van der Waals surface area contributed by atoms with Gasteiger partial charge in [-0.25, -0.2) is 4.79 Å². The highest BCUT2D eigenvalue weighted by molar-refractivity contribution is 5.96. The van der Waals surface area contributed by atoms with Crippen molar-refractivity contribution in [1.82, 2.24) is 20.0 Å². The number of benzene rings is 1. The first-order chi connectivity index (χ1) is 15.5. The van der Waals surface area contributed by atoms with Gasteiger partial charge in [-0.3, -0.25) is 14.9 Å². The smallest absolute Gasteiger partial charge is 0.320 e. The highest BCUT2D eigenvalue weighted by atomic mass is 16.6. The summed E-state index contributed by atoms with van der Waals surface area (Å²) < 4.78 is 5.30. The van der Waals surface area contributed by atoms with E-state index in [1.54, 1.807) is 26.8 Å². The Balaban J connectivity index is 1.44. The van der Waals surface area contributed by atoms with E-state index in [4.69, 9.17) is 4.74 Å². The van der Waals surface area contributed by atoms with E-state index in [1.807, 2.05) is 4.90 Å². The van der Waals surface area contributed by atoms with Gasteiger partial charge >= 0.3 is 6.03 Å². The third-order valence-corrected chi connectivity index (χ3v) is 6.22. The van der Waals surface area contributed by atoms with Crippen LogP contribution in [-0.4, -0.2) is 110 Å². The largest absolute Gasteiger partial charge is 0.378 e. The third kappa shape index (κ3) is 4.94. The lowest BCUT2D eigenvalue weighted by atomic mass is 10.1. The Kier molecular flexibility index (Phi) is 7.05. The van der Waals surface area contributed by atoms with Gasteiger partial charge in [-0.2, -0.15) is 0 Å². The number of carbonyl (C=O) groups is 2. The molecule has 174 valence electrons. The molecular weight excluding hydrogens is 416 g/mol. The van der Waals surface area contributed by atoms with Crippen LogP contribution in [0.1, 0.15) is 16.8 Å². The Morgan fingerprint density at radius 1 is 0.906 bits per heavy atom. The molecule has 0 aliphatic carbocycles. The number of hydrogen-bond donors (Lipinski definition) is 1. The molecule has 3 saturated heterocycles. The van der Waals surface area contributed by atoms with Crippen molar-refractivity contribution in [1.29, 1.82) is 0 Å². The van der Waals surface area contributed by atoms with Gasteiger partial charge in [-0.15, -0.1) is 0 Å². The Morgan fingerprint density at radius 2 is 1.62 bits per heavy atom. The molecule has 3 aliphatic heterocycles. The van der Waals surface area contributed by atoms with Gasteiger partial charge in [0.1, 0.15) is 5.69 Å². The number of amides is 3. The number of carbonyl (C=O) groups excluding carboxylic acids is 2. The maximum absolute atomic E-state index is 12.9. The quantitative estimate of drug-likeness (QED) is 0.535. The van der Waals surface area contributed by atoms with E-state index in [-0.39, 0.29) is 17.6 Å². The van der Waals surface area contributed by atoms with Crippen molar-refractivity contribution in [2.45, 2.75) is 6.42 Å². The summed E-state index contributed by atoms with van der Waals surface area (Å²) in [5.41, 5.74) is 0.753. The van der Waals surface area contributed by atoms with Crippen molar-refractivity contribution >= 4 is 23.3 Å². The molecule has 3 heterocycles. The van der Waals surface area contributed by atoms with Gasteiger partial charge in [-0.1, -0.05) is 0 Å². The first-order valence-electron chi connectivity index (χ1n) is 11.2. The number of piperazine rings is 1. The fourth-order valence-electron chi connectivity index (χ4n) is 4.39. The number of anilines is 1. The molecule has 11 nitrogen and oxygen atoms in total. The zero-order valence-corrected chi connectivity index (χ0v) is 18.2. The molecule has 32 heavy (non-hydrogen) atoms. The van der Waals surface area contributed by atoms with E-state index < -0.39 is 4.92 Å². The van der Waals surface area contributed by atoms with Crippen LogP contribution in [0.25, 0.3) is 0 Å². The molecule has 3 amide bonds. The van der Waals surface area contributed by atoms with Crippen LogP contribution >= 0.6 is 0 Å². The van der Waals surface area contributed by atoms with Crippen LogP contribution in [0.4, 0.5) is 16.2 Å². The molecule has 0 saturated carbocycles. The molecular formula is C21H30N6O5. The van der Waals surface area contributed by atoms with Crippen molar-refractivity contribution in [3.8, 4) is 0 Å². The lowest BCUT2D eigenvalue weighted by molar-refractivity contribution is -0.384. The van der Waals surface area contributed by atoms with Crippen molar-refractivity contribution in [2.75, 3.05) is 83.6 Å². The van der Waals surface area contributed by atoms with Gasteiger partial charge in [0.05, 0.1) is 18.1 Å². The van der Waals surface area contributed by atoms with E-state index in [9.17, 15) is 19.7 Å². The minimum atomic E-state index is -0.429. The summed E-state index contributed by atoms with van der Waals surface area (Å²) in [6.07, 6.45) is 0.860. The molecule has 0 unspecified atom stereocenters. The Labute approximate surface area is 187 Å². The van der Waals surface area contributed by atoms with E-state index in [0.29, 0.717) is 76.8 Å². The zero-order valence-electron chi connectivity index (χ0n) is 18.2. The zero-order chi connectivity index (χ0) is 22.5. The minimum absolute atomic E-state index is 0.00432. The summed E-state index contributed by atoms with van der Waals surface area (Å²) in [4.78, 5) is 44.2. The molecule has 3 aliphatic rings. The number of nitro groups is 1. The molecule has 0 radical (unpaired) electrons. The first-order valence-corrected chi connectivity index (χ1v) is 11.2. The lowest BCUT2D eigenvalue weighted by Crippen LogP contribution is -2.54. The van der Waals surface area contributed by atoms with Crippen LogP contribution in [0.3, 0.4) is 0 Å². The molecule has 1 aromatic rings. The summed E-state index contributed by atoms with van der Waals surface area (Å²) in [6, 6.07) is 4.73. The standard InChI is InChI=1S/C21H30N6O5/c28-20(24-6-1-4-22-5-7-24)17-2-3-18(19(16-17)27(30)31)23-8-10-25(11-9-23)21(29)26-12-14-32-15-13-26/h2-3,16,22H,1,4-15H2. The third-order valence-electron chi connectivity index (χ3n) is 6.22. The normalized spacial score (nSPS) is 20.1. The Bertz CT molecular complexity index is 843. The topological polar surface area (TPSA) is 112 Å². The average molecular weight is 447 g/mol. The number of rotatable bonds is 3. The van der Waals surface area contributed by atoms with E-state index in [0.717, 1.165) is 19.5 Å². The Hall–Kier alpha value is -2.92. The minimum Gasteiger partial charge on any atom is -0.378 e. The summed E-state index contributed by atoms with van der Waals surface area (Å²) in [7, 11) is 0. The molecule has 4 rings (SSSR count). The van der Waals surface area contributed by atoms with Crippen LogP contribution in [0.15, 0.2) is 18.2 Å². The SMILES string of the molecule is O=C(c1ccc(N2CCN(C(=O)N3CCOCC3)CC2)c([N+](=O)[O-])c1)N1CCCNCC1. The molecule has 3 fully saturated rings. The molecule has 0 aromatic heterocycles. The van der Waals surface area contributed by atoms with Crippen LogP contribution in [-0.2, 0) is 4.74 Å². The fourth-order valence-corrected chi connectivity index (χ4v) is 4.39. The number of urea groups is 1. The summed E-state index contributed by atoms with van der Waals surface area (Å²) in [5, 5.41) is 15.1. The van der Waals surface area contributed by atoms with Gasteiger partial charge in [0.2, 0.25) is 0 Å². The molecule has 0 spiro atoms. The van der Waals surface area contributed by atoms with Crippen LogP contribution in [0.5, 0.6) is 0 Å². The van der Waals surface area contributed by atoms with Crippen LogP contribution < -0.4 is 10.2 Å². The monoisotopic (exact) mass is 446 g/mol. The summed E-state index contributed by atoms with van der Waals surface area (Å²) in [5.74, 6) is -0.177. The number of morpholine rings is 1. The maximum Gasteiger partial charge on any atom is 0.320 e. The average Bonchev–Trinajstić information content (AvgIpc) is 3.13. The van der Waals surface area contributed by atoms with Gasteiger partial charge < -0.3 is 29.7 Å². The second-order valence-electron chi connectivity index (χ2n) is 8.21. The van der Waals surface area contributed by atoms with Gasteiger partial charge in [0, 0.05) is 70.5 Å². The highest BCUT2D eigenvalue weighted by Crippen LogP contribution is 2.30. The van der Waals surface area contributed by atoms with Crippen LogP contribution in [0, 0.1) is 10.1 Å². The van der Waals surface area contributed by atoms with Crippen molar-refractivity contribution in [2.24, 2.45) is 0 Å². The number of ether oxygens (including phenoxy) is 1. The second-order valence-corrected chi connectivity index (χ2v) is 8.21. The number of hydrogen-bond acceptors (Lipinski definition) is 7. The molecule has 11 heteroatoms. The van der Waals surface area contributed by atoms with Gasteiger partial charge in [-0.05, 0) is 25.1 Å². The first kappa shape index (κ1) is 22.3. The molecule has 0 atom stereocenters. The van der Waals surface area contributed by atoms with Crippen molar-refractivity contribution in [3.05, 3.63) is 33.9 Å². The van der Waals surface area contributed by atoms with E-state index >= 15 is 0 Å². The molecule has 1 aromatic carbocycles. The van der Waals surface area contributed by atoms with E-state index in [1.165, 1.54) is 6.07 Å².